The summed E-state index contributed by atoms with van der Waals surface area (Å²) in [6.45, 7) is 4.41. The van der Waals surface area contributed by atoms with Gasteiger partial charge in [-0.2, -0.15) is 0 Å². The molecule has 0 spiro atoms. The lowest BCUT2D eigenvalue weighted by atomic mass is 10.1. The van der Waals surface area contributed by atoms with E-state index in [9.17, 15) is 0 Å². The smallest absolute Gasteiger partial charge is 0.226 e. The Morgan fingerprint density at radius 1 is 1.00 bits per heavy atom. The van der Waals surface area contributed by atoms with Crippen molar-refractivity contribution in [2.45, 2.75) is 45.6 Å². The number of fused-ring (bicyclic) bond motifs is 1. The van der Waals surface area contributed by atoms with Gasteiger partial charge >= 0.3 is 0 Å². The van der Waals surface area contributed by atoms with E-state index >= 15 is 0 Å². The second-order valence-electron chi connectivity index (χ2n) is 7.00. The van der Waals surface area contributed by atoms with Gasteiger partial charge in [0.1, 0.15) is 6.04 Å². The maximum absolute atomic E-state index is 2.62. The number of nitrogens with zero attached hydrogens (tertiary/aromatic N) is 2. The zero-order valence-electron chi connectivity index (χ0n) is 14.3. The molecule has 0 bridgehead atoms. The van der Waals surface area contributed by atoms with E-state index in [1.165, 1.54) is 59.2 Å². The Hall–Kier alpha value is -2.09. The Balaban J connectivity index is 2.08. The molecule has 0 saturated heterocycles. The van der Waals surface area contributed by atoms with Crippen molar-refractivity contribution in [2.24, 2.45) is 7.05 Å². The molecule has 1 aliphatic rings. The summed E-state index contributed by atoms with van der Waals surface area (Å²) >= 11 is 0. The first-order valence-electron chi connectivity index (χ1n) is 8.73. The fourth-order valence-electron chi connectivity index (χ4n) is 4.17. The molecule has 0 unspecified atom stereocenters. The summed E-state index contributed by atoms with van der Waals surface area (Å²) in [6.07, 6.45) is 5.31. The van der Waals surface area contributed by atoms with Gasteiger partial charge in [0.05, 0.1) is 12.6 Å². The highest BCUT2D eigenvalue weighted by Gasteiger charge is 2.32. The number of aryl methyl sites for hydroxylation is 3. The van der Waals surface area contributed by atoms with Gasteiger partial charge in [0.15, 0.2) is 11.0 Å². The van der Waals surface area contributed by atoms with E-state index in [1.54, 1.807) is 0 Å². The second-order valence-corrected chi connectivity index (χ2v) is 7.00. The van der Waals surface area contributed by atoms with Gasteiger partial charge in [-0.15, -0.1) is 0 Å². The molecule has 2 aromatic carbocycles. The Morgan fingerprint density at radius 2 is 1.74 bits per heavy atom. The molecule has 1 fully saturated rings. The van der Waals surface area contributed by atoms with Gasteiger partial charge in [0, 0.05) is 0 Å². The number of rotatable bonds is 2. The van der Waals surface area contributed by atoms with E-state index in [-0.39, 0.29) is 0 Å². The summed E-state index contributed by atoms with van der Waals surface area (Å²) in [6, 6.07) is 16.3. The largest absolute Gasteiger partial charge is 0.290 e. The maximum atomic E-state index is 2.62. The van der Waals surface area contributed by atoms with Crippen LogP contribution in [0.2, 0.25) is 0 Å². The molecule has 1 heterocycles. The minimum Gasteiger partial charge on any atom is -0.226 e. The first-order chi connectivity index (χ1) is 11.2. The highest BCUT2D eigenvalue weighted by molar-refractivity contribution is 5.77. The van der Waals surface area contributed by atoms with Crippen molar-refractivity contribution in [3.63, 3.8) is 0 Å². The predicted octanol–water partition coefficient (Wildman–Crippen LogP) is 4.86. The summed E-state index contributed by atoms with van der Waals surface area (Å²) in [4.78, 5) is 0. The summed E-state index contributed by atoms with van der Waals surface area (Å²) in [5, 5.41) is 0. The third-order valence-electron chi connectivity index (χ3n) is 5.37. The van der Waals surface area contributed by atoms with Crippen molar-refractivity contribution in [3.8, 4) is 11.4 Å². The number of benzene rings is 2. The molecule has 0 N–H and O–H groups in total. The standard InChI is InChI=1S/C21H25N2/c1-15-12-13-19-20(14-15)23(17-9-5-6-10-17)21(22(19)3)18-11-7-4-8-16(18)2/h4,7-8,11-14,17H,5-6,9-10H2,1-3H3/q+1. The molecule has 118 valence electrons. The van der Waals surface area contributed by atoms with E-state index in [0.717, 1.165) is 0 Å². The Labute approximate surface area is 138 Å². The highest BCUT2D eigenvalue weighted by Crippen LogP contribution is 2.36. The average molecular weight is 305 g/mol. The minimum atomic E-state index is 0.634. The number of aromatic nitrogens is 2. The van der Waals surface area contributed by atoms with E-state index in [0.29, 0.717) is 6.04 Å². The van der Waals surface area contributed by atoms with Crippen LogP contribution in [-0.4, -0.2) is 4.57 Å². The van der Waals surface area contributed by atoms with Crippen molar-refractivity contribution < 1.29 is 4.57 Å². The number of hydrogen-bond donors (Lipinski definition) is 0. The topological polar surface area (TPSA) is 8.81 Å². The van der Waals surface area contributed by atoms with Crippen molar-refractivity contribution in [1.82, 2.24) is 4.57 Å². The van der Waals surface area contributed by atoms with E-state index in [4.69, 9.17) is 0 Å². The minimum absolute atomic E-state index is 0.634. The predicted molar refractivity (Wildman–Crippen MR) is 95.5 cm³/mol. The van der Waals surface area contributed by atoms with Crippen LogP contribution in [0.25, 0.3) is 22.4 Å². The van der Waals surface area contributed by atoms with Gasteiger partial charge in [0.25, 0.3) is 5.82 Å². The molecule has 2 nitrogen and oxygen atoms in total. The summed E-state index contributed by atoms with van der Waals surface area (Å²) in [5.41, 5.74) is 6.77. The van der Waals surface area contributed by atoms with Crippen LogP contribution in [0.4, 0.5) is 0 Å². The van der Waals surface area contributed by atoms with Crippen LogP contribution in [0.1, 0.15) is 42.9 Å². The lowest BCUT2D eigenvalue weighted by Crippen LogP contribution is -2.31. The van der Waals surface area contributed by atoms with Crippen LogP contribution in [0.5, 0.6) is 0 Å². The zero-order chi connectivity index (χ0) is 16.0. The normalized spacial score (nSPS) is 15.6. The third kappa shape index (κ3) is 2.28. The molecule has 23 heavy (non-hydrogen) atoms. The molecule has 1 aromatic heterocycles. The lowest BCUT2D eigenvalue weighted by molar-refractivity contribution is -0.634. The second kappa shape index (κ2) is 5.52. The molecule has 3 aromatic rings. The molecule has 0 amide bonds. The van der Waals surface area contributed by atoms with Crippen molar-refractivity contribution in [3.05, 3.63) is 53.6 Å². The van der Waals surface area contributed by atoms with E-state index < -0.39 is 0 Å². The molecule has 2 heteroatoms. The molecular formula is C21H25N2+. The van der Waals surface area contributed by atoms with Crippen LogP contribution < -0.4 is 4.57 Å². The van der Waals surface area contributed by atoms with Gasteiger partial charge in [-0.3, -0.25) is 0 Å². The SMILES string of the molecule is Cc1ccc2c(c1)n(C1CCCC1)c(-c1ccccc1C)[n+]2C. The molecule has 1 aliphatic carbocycles. The Kier molecular flexibility index (Phi) is 3.48. The molecule has 0 atom stereocenters. The van der Waals surface area contributed by atoms with Crippen LogP contribution in [0.15, 0.2) is 42.5 Å². The monoisotopic (exact) mass is 305 g/mol. The molecule has 0 aliphatic heterocycles. The fraction of sp³-hybridized carbons (Fsp3) is 0.381. The number of hydrogen-bond acceptors (Lipinski definition) is 0. The highest BCUT2D eigenvalue weighted by atomic mass is 15.2. The summed E-state index contributed by atoms with van der Waals surface area (Å²) in [5.74, 6) is 1.36. The van der Waals surface area contributed by atoms with Crippen LogP contribution in [0.3, 0.4) is 0 Å². The van der Waals surface area contributed by atoms with E-state index in [1.807, 2.05) is 0 Å². The van der Waals surface area contributed by atoms with Crippen LogP contribution in [0, 0.1) is 13.8 Å². The molecule has 4 rings (SSSR count). The molecule has 0 radical (unpaired) electrons. The van der Waals surface area contributed by atoms with Crippen molar-refractivity contribution >= 4 is 11.0 Å². The number of imidazole rings is 1. The quantitative estimate of drug-likeness (QED) is 0.598. The van der Waals surface area contributed by atoms with Crippen molar-refractivity contribution in [2.75, 3.05) is 0 Å². The van der Waals surface area contributed by atoms with Gasteiger partial charge < -0.3 is 0 Å². The molecule has 1 saturated carbocycles. The molecular weight excluding hydrogens is 280 g/mol. The first kappa shape index (κ1) is 14.5. The van der Waals surface area contributed by atoms with Gasteiger partial charge in [-0.05, 0) is 68.9 Å². The van der Waals surface area contributed by atoms with Gasteiger partial charge in [0.2, 0.25) is 0 Å². The van der Waals surface area contributed by atoms with Gasteiger partial charge in [-0.25, -0.2) is 9.13 Å². The van der Waals surface area contributed by atoms with E-state index in [2.05, 4.69) is 72.5 Å². The fourth-order valence-corrected chi connectivity index (χ4v) is 4.17. The average Bonchev–Trinajstić information content (AvgIpc) is 3.14. The zero-order valence-corrected chi connectivity index (χ0v) is 14.3. The Bertz CT molecular complexity index is 867. The van der Waals surface area contributed by atoms with Crippen LogP contribution in [-0.2, 0) is 7.05 Å². The third-order valence-corrected chi connectivity index (χ3v) is 5.37. The van der Waals surface area contributed by atoms with Crippen molar-refractivity contribution in [1.29, 1.82) is 0 Å². The van der Waals surface area contributed by atoms with Gasteiger partial charge in [-0.1, -0.05) is 24.3 Å². The Morgan fingerprint density at radius 3 is 2.48 bits per heavy atom. The lowest BCUT2D eigenvalue weighted by Gasteiger charge is -2.11. The first-order valence-corrected chi connectivity index (χ1v) is 8.73. The summed E-state index contributed by atoms with van der Waals surface area (Å²) < 4.78 is 5.01. The van der Waals surface area contributed by atoms with Crippen LogP contribution >= 0.6 is 0 Å². The maximum Gasteiger partial charge on any atom is 0.290 e. The summed E-state index contributed by atoms with van der Waals surface area (Å²) in [7, 11) is 2.21.